The molecule has 2 aromatic rings. The number of halogens is 3. The van der Waals surface area contributed by atoms with E-state index in [1.807, 2.05) is 0 Å². The molecule has 0 aliphatic carbocycles. The minimum atomic E-state index is -4.77. The first kappa shape index (κ1) is 11.5. The Morgan fingerprint density at radius 2 is 1.88 bits per heavy atom. The summed E-state index contributed by atoms with van der Waals surface area (Å²) < 4.78 is 41.6. The molecule has 1 aromatic heterocycles. The van der Waals surface area contributed by atoms with E-state index in [9.17, 15) is 18.0 Å². The third-order valence-electron chi connectivity index (χ3n) is 2.31. The third-order valence-corrected chi connectivity index (χ3v) is 2.31. The molecule has 0 spiro atoms. The monoisotopic (exact) mass is 243 g/mol. The van der Waals surface area contributed by atoms with Gasteiger partial charge in [-0.05, 0) is 18.2 Å². The first-order valence-electron chi connectivity index (χ1n) is 4.72. The summed E-state index contributed by atoms with van der Waals surface area (Å²) in [6, 6.07) is 5.40. The highest BCUT2D eigenvalue weighted by molar-refractivity contribution is 5.87. The molecule has 0 fully saturated rings. The molecule has 0 saturated heterocycles. The van der Waals surface area contributed by atoms with Gasteiger partial charge < -0.3 is 9.30 Å². The van der Waals surface area contributed by atoms with Gasteiger partial charge in [0.15, 0.2) is 0 Å². The number of fused-ring (bicyclic) bond motifs is 1. The van der Waals surface area contributed by atoms with Gasteiger partial charge >= 0.3 is 6.36 Å². The van der Waals surface area contributed by atoms with Gasteiger partial charge in [-0.3, -0.25) is 4.79 Å². The smallest absolute Gasteiger partial charge is 0.405 e. The van der Waals surface area contributed by atoms with E-state index in [1.54, 1.807) is 0 Å². The van der Waals surface area contributed by atoms with Crippen molar-refractivity contribution in [3.8, 4) is 5.75 Å². The first-order valence-corrected chi connectivity index (χ1v) is 4.72. The maximum absolute atomic E-state index is 12.1. The van der Waals surface area contributed by atoms with Gasteiger partial charge in [0.2, 0.25) is 0 Å². The number of benzene rings is 1. The molecule has 0 aliphatic heterocycles. The number of pyridine rings is 1. The minimum Gasteiger partial charge on any atom is -0.405 e. The van der Waals surface area contributed by atoms with Crippen LogP contribution in [-0.2, 0) is 7.05 Å². The summed E-state index contributed by atoms with van der Waals surface area (Å²) in [6.45, 7) is 0. The zero-order valence-electron chi connectivity index (χ0n) is 8.78. The zero-order valence-corrected chi connectivity index (χ0v) is 8.78. The highest BCUT2D eigenvalue weighted by Gasteiger charge is 2.31. The number of nitrogens with zero attached hydrogens (tertiary/aromatic N) is 1. The summed E-state index contributed by atoms with van der Waals surface area (Å²) in [5, 5.41) is 0.338. The lowest BCUT2D eigenvalue weighted by Gasteiger charge is -2.11. The topological polar surface area (TPSA) is 31.2 Å². The van der Waals surface area contributed by atoms with Crippen LogP contribution in [0.25, 0.3) is 10.8 Å². The van der Waals surface area contributed by atoms with E-state index in [4.69, 9.17) is 0 Å². The molecular formula is C11H8F3NO2. The largest absolute Gasteiger partial charge is 0.573 e. The average molecular weight is 243 g/mol. The molecule has 2 rings (SSSR count). The van der Waals surface area contributed by atoms with E-state index in [2.05, 4.69) is 4.74 Å². The molecule has 90 valence electrons. The van der Waals surface area contributed by atoms with E-state index in [0.29, 0.717) is 0 Å². The van der Waals surface area contributed by atoms with Gasteiger partial charge in [0.25, 0.3) is 5.56 Å². The molecule has 0 N–H and O–H groups in total. The molecule has 3 nitrogen and oxygen atoms in total. The van der Waals surface area contributed by atoms with Gasteiger partial charge in [-0.15, -0.1) is 13.2 Å². The maximum Gasteiger partial charge on any atom is 0.573 e. The van der Waals surface area contributed by atoms with Gasteiger partial charge in [-0.2, -0.15) is 0 Å². The summed E-state index contributed by atoms with van der Waals surface area (Å²) in [6.07, 6.45) is -3.37. The van der Waals surface area contributed by atoms with Gasteiger partial charge in [-0.25, -0.2) is 0 Å². The van der Waals surface area contributed by atoms with Crippen LogP contribution in [-0.4, -0.2) is 10.9 Å². The second-order valence-corrected chi connectivity index (χ2v) is 3.50. The second-order valence-electron chi connectivity index (χ2n) is 3.50. The summed E-state index contributed by atoms with van der Waals surface area (Å²) in [5.74, 6) is -0.368. The van der Waals surface area contributed by atoms with Crippen molar-refractivity contribution in [3.63, 3.8) is 0 Å². The molecule has 0 saturated carbocycles. The predicted octanol–water partition coefficient (Wildman–Crippen LogP) is 2.44. The molecule has 0 radical (unpaired) electrons. The molecule has 1 heterocycles. The molecule has 6 heteroatoms. The number of rotatable bonds is 1. The molecule has 0 aliphatic rings. The Morgan fingerprint density at radius 1 is 1.18 bits per heavy atom. The average Bonchev–Trinajstić information content (AvgIpc) is 2.22. The lowest BCUT2D eigenvalue weighted by Crippen LogP contribution is -2.19. The molecule has 0 unspecified atom stereocenters. The summed E-state index contributed by atoms with van der Waals surface area (Å²) >= 11 is 0. The fourth-order valence-corrected chi connectivity index (χ4v) is 1.56. The van der Waals surface area contributed by atoms with E-state index >= 15 is 0 Å². The summed E-state index contributed by atoms with van der Waals surface area (Å²) in [5.41, 5.74) is -0.366. The van der Waals surface area contributed by atoms with Crippen LogP contribution in [0.15, 0.2) is 35.3 Å². The van der Waals surface area contributed by atoms with E-state index in [0.717, 1.165) is 0 Å². The lowest BCUT2D eigenvalue weighted by atomic mass is 10.1. The van der Waals surface area contributed by atoms with Crippen molar-refractivity contribution in [2.45, 2.75) is 6.36 Å². The maximum atomic E-state index is 12.1. The van der Waals surface area contributed by atoms with Crippen molar-refractivity contribution in [2.24, 2.45) is 7.05 Å². The Labute approximate surface area is 94.0 Å². The zero-order chi connectivity index (χ0) is 12.6. The van der Waals surface area contributed by atoms with Crippen LogP contribution in [0.4, 0.5) is 13.2 Å². The van der Waals surface area contributed by atoms with Crippen LogP contribution in [0, 0.1) is 0 Å². The van der Waals surface area contributed by atoms with Crippen molar-refractivity contribution >= 4 is 10.8 Å². The first-order chi connectivity index (χ1) is 7.88. The molecule has 0 bridgehead atoms. The second kappa shape index (κ2) is 3.80. The van der Waals surface area contributed by atoms with Crippen molar-refractivity contribution < 1.29 is 17.9 Å². The Hall–Kier alpha value is -1.98. The van der Waals surface area contributed by atoms with Crippen molar-refractivity contribution in [3.05, 3.63) is 40.8 Å². The summed E-state index contributed by atoms with van der Waals surface area (Å²) in [4.78, 5) is 11.7. The van der Waals surface area contributed by atoms with Crippen molar-refractivity contribution in [1.82, 2.24) is 4.57 Å². The highest BCUT2D eigenvalue weighted by atomic mass is 19.4. The van der Waals surface area contributed by atoms with Crippen molar-refractivity contribution in [2.75, 3.05) is 0 Å². The Morgan fingerprint density at radius 3 is 2.53 bits per heavy atom. The Bertz CT molecular complexity index is 616. The minimum absolute atomic E-state index is 0.146. The van der Waals surface area contributed by atoms with E-state index < -0.39 is 6.36 Å². The number of ether oxygens (including phenoxy) is 1. The lowest BCUT2D eigenvalue weighted by molar-refractivity contribution is -0.274. The normalized spacial score (nSPS) is 11.8. The van der Waals surface area contributed by atoms with Gasteiger partial charge in [0.1, 0.15) is 5.75 Å². The fraction of sp³-hybridized carbons (Fsp3) is 0.182. The Kier molecular flexibility index (Phi) is 2.57. The molecule has 17 heavy (non-hydrogen) atoms. The van der Waals surface area contributed by atoms with E-state index in [-0.39, 0.29) is 22.1 Å². The van der Waals surface area contributed by atoms with E-state index in [1.165, 1.54) is 42.1 Å². The molecule has 0 amide bonds. The van der Waals surface area contributed by atoms with Crippen LogP contribution >= 0.6 is 0 Å². The van der Waals surface area contributed by atoms with Crippen LogP contribution in [0.2, 0.25) is 0 Å². The van der Waals surface area contributed by atoms with Crippen LogP contribution in [0.1, 0.15) is 0 Å². The fourth-order valence-electron chi connectivity index (χ4n) is 1.56. The van der Waals surface area contributed by atoms with Crippen LogP contribution in [0.5, 0.6) is 5.75 Å². The molecular weight excluding hydrogens is 235 g/mol. The molecule has 1 aromatic carbocycles. The van der Waals surface area contributed by atoms with Crippen LogP contribution < -0.4 is 10.3 Å². The number of hydrogen-bond acceptors (Lipinski definition) is 2. The number of hydrogen-bond donors (Lipinski definition) is 0. The quantitative estimate of drug-likeness (QED) is 0.770. The van der Waals surface area contributed by atoms with Crippen molar-refractivity contribution in [1.29, 1.82) is 0 Å². The number of aromatic nitrogens is 1. The molecule has 0 atom stereocenters. The third kappa shape index (κ3) is 2.25. The standard InChI is InChI=1S/C11H8F3NO2/c1-15-6-5-7-8(10(15)16)3-2-4-9(7)17-11(12,13)14/h2-6H,1H3. The Balaban J connectivity index is 2.67. The number of alkyl halides is 3. The van der Waals surface area contributed by atoms with Crippen LogP contribution in [0.3, 0.4) is 0 Å². The SMILES string of the molecule is Cn1ccc2c(OC(F)(F)F)cccc2c1=O. The highest BCUT2D eigenvalue weighted by Crippen LogP contribution is 2.28. The predicted molar refractivity (Wildman–Crippen MR) is 55.9 cm³/mol. The van der Waals surface area contributed by atoms with Gasteiger partial charge in [0.05, 0.1) is 5.39 Å². The van der Waals surface area contributed by atoms with Gasteiger partial charge in [0, 0.05) is 18.6 Å². The van der Waals surface area contributed by atoms with Gasteiger partial charge in [-0.1, -0.05) is 6.07 Å². The summed E-state index contributed by atoms with van der Waals surface area (Å²) in [7, 11) is 1.53. The number of aryl methyl sites for hydroxylation is 1.